The highest BCUT2D eigenvalue weighted by atomic mass is 16.3. The van der Waals surface area contributed by atoms with Crippen LogP contribution in [-0.2, 0) is 6.54 Å². The lowest BCUT2D eigenvalue weighted by Gasteiger charge is -2.18. The Bertz CT molecular complexity index is 203. The van der Waals surface area contributed by atoms with Gasteiger partial charge < -0.3 is 9.52 Å². The molecule has 0 bridgehead atoms. The maximum absolute atomic E-state index is 8.82. The molecule has 3 nitrogen and oxygen atoms in total. The van der Waals surface area contributed by atoms with Gasteiger partial charge in [-0.2, -0.15) is 0 Å². The van der Waals surface area contributed by atoms with E-state index in [0.717, 1.165) is 25.3 Å². The summed E-state index contributed by atoms with van der Waals surface area (Å²) in [7, 11) is 0. The van der Waals surface area contributed by atoms with Crippen molar-refractivity contribution in [2.24, 2.45) is 0 Å². The largest absolute Gasteiger partial charge is 0.468 e. The third-order valence-electron chi connectivity index (χ3n) is 1.92. The second-order valence-corrected chi connectivity index (χ2v) is 3.08. The van der Waals surface area contributed by atoms with E-state index in [-0.39, 0.29) is 6.61 Å². The maximum Gasteiger partial charge on any atom is 0.117 e. The molecular weight excluding hydrogens is 166 g/mol. The highest BCUT2D eigenvalue weighted by Gasteiger charge is 2.05. The molecule has 0 aliphatic heterocycles. The minimum atomic E-state index is 0.209. The molecule has 0 fully saturated rings. The summed E-state index contributed by atoms with van der Waals surface area (Å²) in [6.07, 6.45) is 2.78. The lowest BCUT2D eigenvalue weighted by Crippen LogP contribution is -2.26. The summed E-state index contributed by atoms with van der Waals surface area (Å²) in [6, 6.07) is 3.85. The van der Waals surface area contributed by atoms with E-state index in [4.69, 9.17) is 9.52 Å². The predicted molar refractivity (Wildman–Crippen MR) is 51.4 cm³/mol. The van der Waals surface area contributed by atoms with E-state index in [2.05, 4.69) is 11.8 Å². The van der Waals surface area contributed by atoms with Crippen molar-refractivity contribution in [2.45, 2.75) is 19.9 Å². The first-order valence-electron chi connectivity index (χ1n) is 4.72. The number of rotatable bonds is 6. The molecule has 0 aromatic carbocycles. The normalized spacial score (nSPS) is 11.0. The van der Waals surface area contributed by atoms with E-state index in [1.54, 1.807) is 6.26 Å². The zero-order chi connectivity index (χ0) is 9.52. The van der Waals surface area contributed by atoms with Crippen molar-refractivity contribution >= 4 is 0 Å². The first-order chi connectivity index (χ1) is 6.36. The van der Waals surface area contributed by atoms with Crippen LogP contribution < -0.4 is 0 Å². The summed E-state index contributed by atoms with van der Waals surface area (Å²) in [4.78, 5) is 2.18. The van der Waals surface area contributed by atoms with Crippen LogP contribution in [0.4, 0.5) is 0 Å². The van der Waals surface area contributed by atoms with Gasteiger partial charge in [-0.15, -0.1) is 0 Å². The molecule has 1 rings (SSSR count). The molecule has 0 saturated carbocycles. The van der Waals surface area contributed by atoms with Gasteiger partial charge in [-0.25, -0.2) is 0 Å². The average Bonchev–Trinajstić information content (AvgIpc) is 2.58. The fourth-order valence-electron chi connectivity index (χ4n) is 1.35. The molecule has 0 spiro atoms. The summed E-state index contributed by atoms with van der Waals surface area (Å²) in [5, 5.41) is 8.82. The summed E-state index contributed by atoms with van der Waals surface area (Å²) in [6.45, 7) is 4.85. The quantitative estimate of drug-likeness (QED) is 0.725. The highest BCUT2D eigenvalue weighted by molar-refractivity contribution is 4.97. The van der Waals surface area contributed by atoms with Crippen molar-refractivity contribution in [3.05, 3.63) is 24.2 Å². The van der Waals surface area contributed by atoms with Gasteiger partial charge in [0.1, 0.15) is 5.76 Å². The lowest BCUT2D eigenvalue weighted by molar-refractivity contribution is 0.181. The molecule has 0 unspecified atom stereocenters. The second-order valence-electron chi connectivity index (χ2n) is 3.08. The van der Waals surface area contributed by atoms with Crippen molar-refractivity contribution in [3.8, 4) is 0 Å². The van der Waals surface area contributed by atoms with Crippen molar-refractivity contribution in [3.63, 3.8) is 0 Å². The number of aliphatic hydroxyl groups is 1. The van der Waals surface area contributed by atoms with Crippen LogP contribution in [0.3, 0.4) is 0 Å². The molecule has 0 atom stereocenters. The first-order valence-corrected chi connectivity index (χ1v) is 4.72. The smallest absolute Gasteiger partial charge is 0.117 e. The van der Waals surface area contributed by atoms with Crippen molar-refractivity contribution in [1.82, 2.24) is 4.90 Å². The molecular formula is C10H17NO2. The molecule has 0 aliphatic rings. The Morgan fingerprint density at radius 1 is 1.46 bits per heavy atom. The molecule has 1 aromatic heterocycles. The Balaban J connectivity index is 2.37. The summed E-state index contributed by atoms with van der Waals surface area (Å²) in [5.41, 5.74) is 0. The third kappa shape index (κ3) is 3.61. The van der Waals surface area contributed by atoms with Crippen LogP contribution in [0.1, 0.15) is 19.1 Å². The van der Waals surface area contributed by atoms with Crippen LogP contribution >= 0.6 is 0 Å². The Labute approximate surface area is 79.0 Å². The Kier molecular flexibility index (Phi) is 4.57. The molecule has 0 amide bonds. The number of nitrogens with zero attached hydrogens (tertiary/aromatic N) is 1. The molecule has 1 heterocycles. The molecule has 13 heavy (non-hydrogen) atoms. The van der Waals surface area contributed by atoms with Crippen LogP contribution in [-0.4, -0.2) is 29.7 Å². The van der Waals surface area contributed by atoms with E-state index >= 15 is 0 Å². The minimum absolute atomic E-state index is 0.209. The Morgan fingerprint density at radius 2 is 2.31 bits per heavy atom. The fourth-order valence-corrected chi connectivity index (χ4v) is 1.35. The van der Waals surface area contributed by atoms with Crippen molar-refractivity contribution in [1.29, 1.82) is 0 Å². The van der Waals surface area contributed by atoms with Crippen LogP contribution in [0, 0.1) is 0 Å². The number of aliphatic hydroxyl groups excluding tert-OH is 1. The average molecular weight is 183 g/mol. The van der Waals surface area contributed by atoms with Gasteiger partial charge >= 0.3 is 0 Å². The highest BCUT2D eigenvalue weighted by Crippen LogP contribution is 2.05. The van der Waals surface area contributed by atoms with Gasteiger partial charge in [-0.05, 0) is 25.1 Å². The maximum atomic E-state index is 8.82. The molecule has 74 valence electrons. The molecule has 0 saturated heterocycles. The summed E-state index contributed by atoms with van der Waals surface area (Å²) in [5.74, 6) is 0.960. The summed E-state index contributed by atoms with van der Waals surface area (Å²) >= 11 is 0. The second kappa shape index (κ2) is 5.78. The SMILES string of the molecule is CCCN(CCO)Cc1ccco1. The first kappa shape index (κ1) is 10.3. The van der Waals surface area contributed by atoms with Gasteiger partial charge in [-0.1, -0.05) is 6.92 Å². The summed E-state index contributed by atoms with van der Waals surface area (Å²) < 4.78 is 5.23. The van der Waals surface area contributed by atoms with Crippen LogP contribution in [0.2, 0.25) is 0 Å². The van der Waals surface area contributed by atoms with E-state index in [1.807, 2.05) is 12.1 Å². The van der Waals surface area contributed by atoms with Crippen LogP contribution in [0.25, 0.3) is 0 Å². The van der Waals surface area contributed by atoms with Gasteiger partial charge in [0.15, 0.2) is 0 Å². The van der Waals surface area contributed by atoms with Gasteiger partial charge in [0.2, 0.25) is 0 Å². The van der Waals surface area contributed by atoms with Gasteiger partial charge in [-0.3, -0.25) is 4.90 Å². The van der Waals surface area contributed by atoms with Crippen LogP contribution in [0.5, 0.6) is 0 Å². The lowest BCUT2D eigenvalue weighted by atomic mass is 10.3. The molecule has 1 N–H and O–H groups in total. The Morgan fingerprint density at radius 3 is 2.85 bits per heavy atom. The zero-order valence-electron chi connectivity index (χ0n) is 8.07. The van der Waals surface area contributed by atoms with Crippen LogP contribution in [0.15, 0.2) is 22.8 Å². The fraction of sp³-hybridized carbons (Fsp3) is 0.600. The van der Waals surface area contributed by atoms with E-state index in [1.165, 1.54) is 0 Å². The van der Waals surface area contributed by atoms with E-state index < -0.39 is 0 Å². The Hall–Kier alpha value is -0.800. The monoisotopic (exact) mass is 183 g/mol. The van der Waals surface area contributed by atoms with E-state index in [9.17, 15) is 0 Å². The molecule has 1 aromatic rings. The molecule has 0 radical (unpaired) electrons. The topological polar surface area (TPSA) is 36.6 Å². The minimum Gasteiger partial charge on any atom is -0.468 e. The number of furan rings is 1. The van der Waals surface area contributed by atoms with E-state index in [0.29, 0.717) is 6.54 Å². The molecule has 3 heteroatoms. The number of hydrogen-bond acceptors (Lipinski definition) is 3. The van der Waals surface area contributed by atoms with Gasteiger partial charge in [0, 0.05) is 6.54 Å². The molecule has 0 aliphatic carbocycles. The third-order valence-corrected chi connectivity index (χ3v) is 1.92. The number of hydrogen-bond donors (Lipinski definition) is 1. The standard InChI is InChI=1S/C10H17NO2/c1-2-5-11(6-7-12)9-10-4-3-8-13-10/h3-4,8,12H,2,5-7,9H2,1H3. The van der Waals surface area contributed by atoms with Crippen molar-refractivity contribution < 1.29 is 9.52 Å². The predicted octanol–water partition coefficient (Wildman–Crippen LogP) is 1.48. The van der Waals surface area contributed by atoms with Crippen molar-refractivity contribution in [2.75, 3.05) is 19.7 Å². The zero-order valence-corrected chi connectivity index (χ0v) is 8.07. The van der Waals surface area contributed by atoms with Gasteiger partial charge in [0.25, 0.3) is 0 Å². The van der Waals surface area contributed by atoms with Gasteiger partial charge in [0.05, 0.1) is 19.4 Å².